The fourth-order valence-electron chi connectivity index (χ4n) is 2.40. The van der Waals surface area contributed by atoms with Crippen molar-refractivity contribution in [3.63, 3.8) is 0 Å². The topological polar surface area (TPSA) is 46.6 Å². The van der Waals surface area contributed by atoms with E-state index >= 15 is 0 Å². The molecule has 0 bridgehead atoms. The highest BCUT2D eigenvalue weighted by atomic mass is 32.2. The van der Waals surface area contributed by atoms with Crippen LogP contribution in [0.3, 0.4) is 0 Å². The number of likely N-dealkylation sites (tertiary alicyclic amines) is 1. The molecule has 0 aliphatic carbocycles. The Morgan fingerprint density at radius 2 is 2.09 bits per heavy atom. The van der Waals surface area contributed by atoms with Gasteiger partial charge in [0.2, 0.25) is 0 Å². The molecule has 0 radical (unpaired) electrons. The van der Waals surface area contributed by atoms with Gasteiger partial charge in [-0.3, -0.25) is 14.5 Å². The summed E-state index contributed by atoms with van der Waals surface area (Å²) in [6.45, 7) is 7.75. The van der Waals surface area contributed by atoms with Crippen LogP contribution in [0.5, 0.6) is 0 Å². The minimum absolute atomic E-state index is 0.255. The maximum absolute atomic E-state index is 11.9. The van der Waals surface area contributed by atoms with Crippen molar-refractivity contribution in [2.45, 2.75) is 33.2 Å². The van der Waals surface area contributed by atoms with Gasteiger partial charge in [0.1, 0.15) is 0 Å². The molecule has 1 fully saturated rings. The minimum atomic E-state index is 0.255. The van der Waals surface area contributed by atoms with Gasteiger partial charge in [0.05, 0.1) is 6.61 Å². The molecule has 128 valence electrons. The number of carbonyl (C=O) groups excluding carboxylic acids is 2. The predicted octanol–water partition coefficient (Wildman–Crippen LogP) is 3.36. The van der Waals surface area contributed by atoms with E-state index in [-0.39, 0.29) is 5.92 Å². The van der Waals surface area contributed by atoms with Crippen LogP contribution in [0.15, 0.2) is 30.3 Å². The van der Waals surface area contributed by atoms with Crippen LogP contribution in [-0.4, -0.2) is 41.9 Å². The van der Waals surface area contributed by atoms with Crippen molar-refractivity contribution >= 4 is 23.3 Å². The number of carbonyl (C=O) groups is 2. The fraction of sp³-hybridized carbons (Fsp3) is 0.556. The average Bonchev–Trinajstić information content (AvgIpc) is 3.03. The zero-order valence-corrected chi connectivity index (χ0v) is 14.9. The third-order valence-electron chi connectivity index (χ3n) is 3.54. The highest BCUT2D eigenvalue weighted by Gasteiger charge is 2.27. The van der Waals surface area contributed by atoms with Crippen molar-refractivity contribution in [2.75, 3.05) is 25.4 Å². The molecule has 0 saturated carbocycles. The van der Waals surface area contributed by atoms with Gasteiger partial charge >= 0.3 is 0 Å². The van der Waals surface area contributed by atoms with Crippen LogP contribution < -0.4 is 0 Å². The van der Waals surface area contributed by atoms with Gasteiger partial charge in [-0.05, 0) is 31.9 Å². The lowest BCUT2D eigenvalue weighted by Crippen LogP contribution is -2.22. The smallest absolute Gasteiger partial charge is 0.293 e. The van der Waals surface area contributed by atoms with Crippen molar-refractivity contribution in [3.8, 4) is 0 Å². The highest BCUT2D eigenvalue weighted by molar-refractivity contribution is 8.13. The molecule has 23 heavy (non-hydrogen) atoms. The second-order valence-electron chi connectivity index (χ2n) is 5.43. The van der Waals surface area contributed by atoms with Gasteiger partial charge in [0.15, 0.2) is 5.12 Å². The van der Waals surface area contributed by atoms with E-state index in [2.05, 4.69) is 40.8 Å². The summed E-state index contributed by atoms with van der Waals surface area (Å²) in [6.07, 6.45) is 2.11. The molecule has 4 nitrogen and oxygen atoms in total. The van der Waals surface area contributed by atoms with Crippen molar-refractivity contribution in [1.82, 2.24) is 4.90 Å². The molecule has 0 aromatic heterocycles. The van der Waals surface area contributed by atoms with Crippen molar-refractivity contribution in [2.24, 2.45) is 5.92 Å². The van der Waals surface area contributed by atoms with Crippen LogP contribution in [0.2, 0.25) is 0 Å². The second-order valence-corrected chi connectivity index (χ2v) is 6.52. The molecule has 0 spiro atoms. The van der Waals surface area contributed by atoms with Crippen LogP contribution in [0.25, 0.3) is 0 Å². The Morgan fingerprint density at radius 3 is 2.65 bits per heavy atom. The molecule has 1 aromatic carbocycles. The third kappa shape index (κ3) is 8.18. The molecule has 0 amide bonds. The molecular formula is C18H27NO3S. The van der Waals surface area contributed by atoms with E-state index in [0.717, 1.165) is 38.2 Å². The Labute approximate surface area is 143 Å². The molecule has 1 aliphatic heterocycles. The Morgan fingerprint density at radius 1 is 1.35 bits per heavy atom. The Balaban J connectivity index is 0.000000463. The Hall–Kier alpha value is -1.33. The summed E-state index contributed by atoms with van der Waals surface area (Å²) in [5.74, 6) is 1.22. The van der Waals surface area contributed by atoms with Crippen molar-refractivity contribution < 1.29 is 14.3 Å². The normalized spacial score (nSPS) is 17.2. The molecule has 5 heteroatoms. The van der Waals surface area contributed by atoms with Crippen LogP contribution in [-0.2, 0) is 20.9 Å². The number of ether oxygens (including phenoxy) is 1. The highest BCUT2D eigenvalue weighted by Crippen LogP contribution is 2.24. The second kappa shape index (κ2) is 12.1. The lowest BCUT2D eigenvalue weighted by Gasteiger charge is -2.15. The van der Waals surface area contributed by atoms with Gasteiger partial charge < -0.3 is 4.74 Å². The largest absolute Gasteiger partial charge is 0.468 e. The average molecular weight is 337 g/mol. The van der Waals surface area contributed by atoms with Crippen molar-refractivity contribution in [1.29, 1.82) is 0 Å². The van der Waals surface area contributed by atoms with E-state index in [1.165, 1.54) is 17.3 Å². The quantitative estimate of drug-likeness (QED) is 0.714. The molecule has 1 aromatic rings. The van der Waals surface area contributed by atoms with E-state index in [0.29, 0.717) is 18.2 Å². The first kappa shape index (κ1) is 19.7. The minimum Gasteiger partial charge on any atom is -0.468 e. The monoisotopic (exact) mass is 337 g/mol. The summed E-state index contributed by atoms with van der Waals surface area (Å²) < 4.78 is 4.15. The lowest BCUT2D eigenvalue weighted by atomic mass is 10.1. The summed E-state index contributed by atoms with van der Waals surface area (Å²) in [6, 6.07) is 10.5. The zero-order valence-electron chi connectivity index (χ0n) is 14.1. The molecule has 2 rings (SSSR count). The van der Waals surface area contributed by atoms with E-state index in [4.69, 9.17) is 0 Å². The number of hydrogen-bond acceptors (Lipinski definition) is 5. The van der Waals surface area contributed by atoms with Crippen LogP contribution in [0.1, 0.15) is 32.3 Å². The summed E-state index contributed by atoms with van der Waals surface area (Å²) >= 11 is 1.52. The van der Waals surface area contributed by atoms with E-state index < -0.39 is 0 Å². The van der Waals surface area contributed by atoms with Gasteiger partial charge in [-0.15, -0.1) is 0 Å². The number of nitrogens with zero attached hydrogens (tertiary/aromatic N) is 1. The fourth-order valence-corrected chi connectivity index (χ4v) is 3.23. The third-order valence-corrected chi connectivity index (χ3v) is 4.77. The summed E-state index contributed by atoms with van der Waals surface area (Å²) in [5, 5.41) is 0.396. The van der Waals surface area contributed by atoms with Crippen LogP contribution in [0.4, 0.5) is 0 Å². The zero-order chi connectivity index (χ0) is 16.9. The number of rotatable bonds is 7. The number of thioether (sulfide) groups is 1. The number of hydrogen-bond donors (Lipinski definition) is 0. The summed E-state index contributed by atoms with van der Waals surface area (Å²) in [5.41, 5.74) is 1.34. The molecule has 1 aliphatic rings. The molecular weight excluding hydrogens is 310 g/mol. The predicted molar refractivity (Wildman–Crippen MR) is 95.3 cm³/mol. The molecule has 0 unspecified atom stereocenters. The van der Waals surface area contributed by atoms with E-state index in [1.807, 2.05) is 6.07 Å². The Kier molecular flexibility index (Phi) is 10.4. The standard InChI is InChI=1S/C15H21NOS.C3H6O2/c1-2-10-18-15(17)14-8-9-16(12-14)11-13-6-4-3-5-7-13;1-2-5-3-4/h3-7,14H,2,8-12H2,1H3;3H,2H2,1H3/t14-;/m0./s1. The first-order chi connectivity index (χ1) is 11.2. The van der Waals surface area contributed by atoms with Gasteiger partial charge in [-0.1, -0.05) is 49.0 Å². The maximum Gasteiger partial charge on any atom is 0.293 e. The van der Waals surface area contributed by atoms with E-state index in [1.54, 1.807) is 6.92 Å². The lowest BCUT2D eigenvalue weighted by molar-refractivity contribution is -0.128. The molecule has 1 saturated heterocycles. The van der Waals surface area contributed by atoms with Crippen LogP contribution >= 0.6 is 11.8 Å². The van der Waals surface area contributed by atoms with Gasteiger partial charge in [-0.25, -0.2) is 0 Å². The van der Waals surface area contributed by atoms with Gasteiger partial charge in [0.25, 0.3) is 6.47 Å². The molecule has 1 heterocycles. The first-order valence-corrected chi connectivity index (χ1v) is 9.17. The number of benzene rings is 1. The SMILES string of the molecule is CCCSC(=O)[C@H]1CCN(Cc2ccccc2)C1.CCOC=O. The summed E-state index contributed by atoms with van der Waals surface area (Å²) in [4.78, 5) is 23.5. The maximum atomic E-state index is 11.9. The van der Waals surface area contributed by atoms with Crippen LogP contribution in [0, 0.1) is 5.92 Å². The summed E-state index contributed by atoms with van der Waals surface area (Å²) in [7, 11) is 0. The van der Waals surface area contributed by atoms with Gasteiger partial charge in [0, 0.05) is 24.8 Å². The Bertz CT molecular complexity index is 453. The van der Waals surface area contributed by atoms with E-state index in [9.17, 15) is 9.59 Å². The molecule has 1 atom stereocenters. The van der Waals surface area contributed by atoms with Crippen molar-refractivity contribution in [3.05, 3.63) is 35.9 Å². The molecule has 0 N–H and O–H groups in total. The first-order valence-electron chi connectivity index (χ1n) is 8.19. The van der Waals surface area contributed by atoms with Gasteiger partial charge in [-0.2, -0.15) is 0 Å².